The second-order valence-corrected chi connectivity index (χ2v) is 8.72. The minimum atomic E-state index is -0.197. The molecule has 0 radical (unpaired) electrons. The van der Waals surface area contributed by atoms with Gasteiger partial charge in [0.15, 0.2) is 11.5 Å². The number of hydrogen-bond acceptors (Lipinski definition) is 7. The average molecular weight is 487 g/mol. The van der Waals surface area contributed by atoms with E-state index in [-0.39, 0.29) is 5.91 Å². The lowest BCUT2D eigenvalue weighted by Gasteiger charge is -2.15. The van der Waals surface area contributed by atoms with Crippen LogP contribution in [0.2, 0.25) is 0 Å². The number of amides is 1. The molecule has 4 aromatic rings. The largest absolute Gasteiger partial charge is 0.493 e. The lowest BCUT2D eigenvalue weighted by molar-refractivity contribution is 0.102. The first-order valence-electron chi connectivity index (χ1n) is 11.6. The highest BCUT2D eigenvalue weighted by atomic mass is 16.5. The van der Waals surface area contributed by atoms with E-state index in [1.54, 1.807) is 32.2 Å². The summed E-state index contributed by atoms with van der Waals surface area (Å²) in [4.78, 5) is 19.3. The van der Waals surface area contributed by atoms with Crippen LogP contribution in [-0.4, -0.2) is 55.3 Å². The molecular weight excluding hydrogens is 456 g/mol. The zero-order chi connectivity index (χ0) is 25.7. The molecule has 0 saturated carbocycles. The van der Waals surface area contributed by atoms with Gasteiger partial charge in [-0.05, 0) is 62.0 Å². The standard InChI is InChI=1S/C28H30N4O4/c1-18-16-22(10-12-24(18)20-6-8-21(9-7-20)27-29-19(2)36-31-27)28(33)30-23-11-13-25(34-5)26(17-23)35-15-14-32(3)4/h6-13,16-17H,14-15H2,1-5H3,(H,30,33). The third-order valence-corrected chi connectivity index (χ3v) is 5.69. The number of likely N-dealkylation sites (N-methyl/N-ethyl adjacent to an activating group) is 1. The van der Waals surface area contributed by atoms with Gasteiger partial charge in [0.2, 0.25) is 11.7 Å². The van der Waals surface area contributed by atoms with E-state index in [4.69, 9.17) is 14.0 Å². The summed E-state index contributed by atoms with van der Waals surface area (Å²) < 4.78 is 16.3. The molecule has 0 bridgehead atoms. The van der Waals surface area contributed by atoms with Gasteiger partial charge in [-0.25, -0.2) is 0 Å². The minimum Gasteiger partial charge on any atom is -0.493 e. The van der Waals surface area contributed by atoms with Gasteiger partial charge in [-0.3, -0.25) is 4.79 Å². The molecule has 186 valence electrons. The van der Waals surface area contributed by atoms with Gasteiger partial charge in [0.25, 0.3) is 5.91 Å². The molecule has 1 heterocycles. The van der Waals surface area contributed by atoms with Gasteiger partial charge >= 0.3 is 0 Å². The van der Waals surface area contributed by atoms with Crippen molar-refractivity contribution >= 4 is 11.6 Å². The second-order valence-electron chi connectivity index (χ2n) is 8.72. The first-order chi connectivity index (χ1) is 17.3. The van der Waals surface area contributed by atoms with Crippen molar-refractivity contribution in [3.63, 3.8) is 0 Å². The molecule has 0 atom stereocenters. The Kier molecular flexibility index (Phi) is 7.65. The van der Waals surface area contributed by atoms with Gasteiger partial charge in [0.1, 0.15) is 6.61 Å². The third kappa shape index (κ3) is 5.90. The maximum absolute atomic E-state index is 13.0. The summed E-state index contributed by atoms with van der Waals surface area (Å²) in [5, 5.41) is 6.92. The molecule has 0 spiro atoms. The van der Waals surface area contributed by atoms with Crippen LogP contribution in [0, 0.1) is 13.8 Å². The van der Waals surface area contributed by atoms with Crippen molar-refractivity contribution in [3.05, 3.63) is 77.7 Å². The summed E-state index contributed by atoms with van der Waals surface area (Å²) >= 11 is 0. The molecule has 8 nitrogen and oxygen atoms in total. The highest BCUT2D eigenvalue weighted by Gasteiger charge is 2.13. The maximum Gasteiger partial charge on any atom is 0.255 e. The Balaban J connectivity index is 1.47. The summed E-state index contributed by atoms with van der Waals surface area (Å²) in [5.41, 5.74) is 5.17. The number of aryl methyl sites for hydroxylation is 2. The highest BCUT2D eigenvalue weighted by Crippen LogP contribution is 2.31. The molecule has 4 rings (SSSR count). The molecule has 0 saturated heterocycles. The van der Waals surface area contributed by atoms with Gasteiger partial charge < -0.3 is 24.2 Å². The zero-order valence-electron chi connectivity index (χ0n) is 21.2. The van der Waals surface area contributed by atoms with Crippen molar-refractivity contribution in [3.8, 4) is 34.0 Å². The van der Waals surface area contributed by atoms with E-state index >= 15 is 0 Å². The third-order valence-electron chi connectivity index (χ3n) is 5.69. The lowest BCUT2D eigenvalue weighted by Crippen LogP contribution is -2.19. The van der Waals surface area contributed by atoms with Crippen molar-refractivity contribution in [1.29, 1.82) is 0 Å². The highest BCUT2D eigenvalue weighted by molar-refractivity contribution is 6.04. The molecule has 0 aliphatic heterocycles. The van der Waals surface area contributed by atoms with Crippen LogP contribution in [-0.2, 0) is 0 Å². The predicted octanol–water partition coefficient (Wildman–Crippen LogP) is 5.22. The summed E-state index contributed by atoms with van der Waals surface area (Å²) in [6.45, 7) is 5.04. The van der Waals surface area contributed by atoms with Crippen molar-refractivity contribution in [1.82, 2.24) is 15.0 Å². The van der Waals surface area contributed by atoms with Gasteiger partial charge in [0.05, 0.1) is 7.11 Å². The number of rotatable bonds is 9. The van der Waals surface area contributed by atoms with E-state index in [2.05, 4.69) is 15.5 Å². The van der Waals surface area contributed by atoms with Crippen LogP contribution < -0.4 is 14.8 Å². The number of aromatic nitrogens is 2. The number of carbonyl (C=O) groups is 1. The molecule has 3 aromatic carbocycles. The van der Waals surface area contributed by atoms with E-state index in [9.17, 15) is 4.79 Å². The van der Waals surface area contributed by atoms with Crippen LogP contribution >= 0.6 is 0 Å². The monoisotopic (exact) mass is 486 g/mol. The minimum absolute atomic E-state index is 0.197. The van der Waals surface area contributed by atoms with E-state index < -0.39 is 0 Å². The normalized spacial score (nSPS) is 10.9. The van der Waals surface area contributed by atoms with Crippen LogP contribution in [0.15, 0.2) is 65.2 Å². The van der Waals surface area contributed by atoms with E-state index in [1.807, 2.05) is 68.4 Å². The fourth-order valence-electron chi connectivity index (χ4n) is 3.75. The lowest BCUT2D eigenvalue weighted by atomic mass is 9.97. The molecule has 1 amide bonds. The Hall–Kier alpha value is -4.17. The van der Waals surface area contributed by atoms with Crippen molar-refractivity contribution in [2.24, 2.45) is 0 Å². The Labute approximate surface area is 210 Å². The Morgan fingerprint density at radius 3 is 2.36 bits per heavy atom. The SMILES string of the molecule is COc1ccc(NC(=O)c2ccc(-c3ccc(-c4noc(C)n4)cc3)c(C)c2)cc1OCCN(C)C. The number of carbonyl (C=O) groups excluding carboxylic acids is 1. The fourth-order valence-corrected chi connectivity index (χ4v) is 3.75. The predicted molar refractivity (Wildman–Crippen MR) is 140 cm³/mol. The van der Waals surface area contributed by atoms with E-state index in [0.29, 0.717) is 41.1 Å². The Morgan fingerprint density at radius 2 is 1.72 bits per heavy atom. The van der Waals surface area contributed by atoms with Crippen molar-refractivity contribution in [2.75, 3.05) is 39.7 Å². The smallest absolute Gasteiger partial charge is 0.255 e. The first kappa shape index (κ1) is 24.9. The van der Waals surface area contributed by atoms with Gasteiger partial charge in [-0.1, -0.05) is 35.5 Å². The van der Waals surface area contributed by atoms with Crippen LogP contribution in [0.5, 0.6) is 11.5 Å². The molecule has 0 aliphatic rings. The molecule has 0 fully saturated rings. The summed E-state index contributed by atoms with van der Waals surface area (Å²) in [7, 11) is 5.56. The van der Waals surface area contributed by atoms with Crippen LogP contribution in [0.3, 0.4) is 0 Å². The van der Waals surface area contributed by atoms with Crippen molar-refractivity contribution < 1.29 is 18.8 Å². The number of ether oxygens (including phenoxy) is 2. The molecule has 1 N–H and O–H groups in total. The Morgan fingerprint density at radius 1 is 0.972 bits per heavy atom. The Bertz CT molecular complexity index is 1350. The number of anilines is 1. The van der Waals surface area contributed by atoms with Crippen LogP contribution in [0.25, 0.3) is 22.5 Å². The summed E-state index contributed by atoms with van der Waals surface area (Å²) in [5.74, 6) is 2.10. The molecule has 0 unspecified atom stereocenters. The number of hydrogen-bond donors (Lipinski definition) is 1. The average Bonchev–Trinajstić information content (AvgIpc) is 3.30. The first-order valence-corrected chi connectivity index (χ1v) is 11.6. The molecule has 0 aliphatic carbocycles. The topological polar surface area (TPSA) is 89.7 Å². The van der Waals surface area contributed by atoms with Gasteiger partial charge in [-0.2, -0.15) is 4.98 Å². The maximum atomic E-state index is 13.0. The van der Waals surface area contributed by atoms with E-state index in [0.717, 1.165) is 28.8 Å². The zero-order valence-corrected chi connectivity index (χ0v) is 21.2. The second kappa shape index (κ2) is 11.0. The summed E-state index contributed by atoms with van der Waals surface area (Å²) in [6.07, 6.45) is 0. The summed E-state index contributed by atoms with van der Waals surface area (Å²) in [6, 6.07) is 19.0. The molecular formula is C28H30N4O4. The fraction of sp³-hybridized carbons (Fsp3) is 0.250. The van der Waals surface area contributed by atoms with Crippen LogP contribution in [0.4, 0.5) is 5.69 Å². The van der Waals surface area contributed by atoms with E-state index in [1.165, 1.54) is 0 Å². The van der Waals surface area contributed by atoms with Crippen LogP contribution in [0.1, 0.15) is 21.8 Å². The molecule has 1 aromatic heterocycles. The molecule has 8 heteroatoms. The number of methoxy groups -OCH3 is 1. The number of nitrogens with one attached hydrogen (secondary N) is 1. The van der Waals surface area contributed by atoms with Gasteiger partial charge in [-0.15, -0.1) is 0 Å². The molecule has 36 heavy (non-hydrogen) atoms. The number of benzene rings is 3. The quantitative estimate of drug-likeness (QED) is 0.347. The van der Waals surface area contributed by atoms with Crippen molar-refractivity contribution in [2.45, 2.75) is 13.8 Å². The number of nitrogens with zero attached hydrogens (tertiary/aromatic N) is 3. The van der Waals surface area contributed by atoms with Gasteiger partial charge in [0, 0.05) is 36.3 Å².